The van der Waals surface area contributed by atoms with Gasteiger partial charge in [0.25, 0.3) is 0 Å². The first-order chi connectivity index (χ1) is 19.7. The molecular weight excluding hydrogens is 526 g/mol. The Hall–Kier alpha value is -4.80. The number of hydrogen-bond donors (Lipinski definition) is 3. The fourth-order valence-electron chi connectivity index (χ4n) is 4.38. The molecule has 0 fully saturated rings. The molecule has 0 radical (unpaired) electrons. The van der Waals surface area contributed by atoms with Crippen molar-refractivity contribution in [2.75, 3.05) is 0 Å². The molecule has 1 aromatic heterocycles. The molecule has 2 atom stereocenters. The van der Waals surface area contributed by atoms with Gasteiger partial charge >= 0.3 is 11.7 Å². The standard InChI is InChI=1S/C31H31N3O7/c1-20-24(11-6-12-26(20)23-9-4-3-5-10-23)19-41-29-15-28(40-18-22-8-7-13-32-16-22)25(14-27(29)34(38)39)17-33-30(21(2)35)31(36)37/h3-16,21,30,33,35H,17-19H2,1-2H3,(H,36,37). The molecule has 41 heavy (non-hydrogen) atoms. The molecule has 0 aliphatic rings. The van der Waals surface area contributed by atoms with Crippen molar-refractivity contribution in [3.63, 3.8) is 0 Å². The number of ether oxygens (including phenoxy) is 2. The van der Waals surface area contributed by atoms with Crippen LogP contribution in [-0.4, -0.2) is 38.2 Å². The highest BCUT2D eigenvalue weighted by Gasteiger charge is 2.25. The molecule has 0 saturated carbocycles. The van der Waals surface area contributed by atoms with Gasteiger partial charge < -0.3 is 19.7 Å². The van der Waals surface area contributed by atoms with E-state index in [2.05, 4.69) is 10.3 Å². The zero-order chi connectivity index (χ0) is 29.4. The molecule has 0 saturated heterocycles. The van der Waals surface area contributed by atoms with Gasteiger partial charge in [-0.2, -0.15) is 0 Å². The molecule has 10 nitrogen and oxygen atoms in total. The number of nitro groups is 1. The van der Waals surface area contributed by atoms with Gasteiger partial charge in [0.2, 0.25) is 5.75 Å². The summed E-state index contributed by atoms with van der Waals surface area (Å²) in [5, 5.41) is 34.1. The Bertz CT molecular complexity index is 1490. The van der Waals surface area contributed by atoms with Crippen LogP contribution >= 0.6 is 0 Å². The first-order valence-corrected chi connectivity index (χ1v) is 13.0. The summed E-state index contributed by atoms with van der Waals surface area (Å²) in [5.41, 5.74) is 4.76. The van der Waals surface area contributed by atoms with E-state index in [4.69, 9.17) is 9.47 Å². The van der Waals surface area contributed by atoms with Crippen LogP contribution < -0.4 is 14.8 Å². The number of nitro benzene ring substituents is 1. The van der Waals surface area contributed by atoms with E-state index in [-0.39, 0.29) is 36.9 Å². The summed E-state index contributed by atoms with van der Waals surface area (Å²) in [6.07, 6.45) is 2.07. The first kappa shape index (κ1) is 29.2. The predicted octanol–water partition coefficient (Wildman–Crippen LogP) is 5.05. The normalized spacial score (nSPS) is 12.4. The molecule has 0 bridgehead atoms. The van der Waals surface area contributed by atoms with Crippen LogP contribution in [0.3, 0.4) is 0 Å². The highest BCUT2D eigenvalue weighted by molar-refractivity contribution is 5.74. The summed E-state index contributed by atoms with van der Waals surface area (Å²) in [6.45, 7) is 3.42. The smallest absolute Gasteiger partial charge is 0.323 e. The summed E-state index contributed by atoms with van der Waals surface area (Å²) in [7, 11) is 0. The van der Waals surface area contributed by atoms with Crippen LogP contribution in [0.2, 0.25) is 0 Å². The van der Waals surface area contributed by atoms with E-state index in [1.807, 2.05) is 61.5 Å². The van der Waals surface area contributed by atoms with Crippen molar-refractivity contribution in [3.05, 3.63) is 118 Å². The van der Waals surface area contributed by atoms with E-state index in [1.54, 1.807) is 18.5 Å². The maximum Gasteiger partial charge on any atom is 0.323 e. The molecule has 3 aromatic carbocycles. The second-order valence-corrected chi connectivity index (χ2v) is 9.52. The van der Waals surface area contributed by atoms with E-state index in [0.717, 1.165) is 27.8 Å². The molecule has 0 spiro atoms. The number of aliphatic hydroxyl groups is 1. The number of carbonyl (C=O) groups is 1. The van der Waals surface area contributed by atoms with Crippen LogP contribution in [0.25, 0.3) is 11.1 Å². The highest BCUT2D eigenvalue weighted by Crippen LogP contribution is 2.36. The summed E-state index contributed by atoms with van der Waals surface area (Å²) in [6, 6.07) is 20.8. The number of pyridine rings is 1. The zero-order valence-corrected chi connectivity index (χ0v) is 22.7. The maximum atomic E-state index is 12.1. The predicted molar refractivity (Wildman–Crippen MR) is 153 cm³/mol. The van der Waals surface area contributed by atoms with Crippen LogP contribution in [0.4, 0.5) is 5.69 Å². The largest absolute Gasteiger partial charge is 0.488 e. The molecule has 0 amide bonds. The van der Waals surface area contributed by atoms with Crippen molar-refractivity contribution in [3.8, 4) is 22.6 Å². The Labute approximate surface area is 237 Å². The molecular formula is C31H31N3O7. The van der Waals surface area contributed by atoms with Crippen LogP contribution in [-0.2, 0) is 24.6 Å². The monoisotopic (exact) mass is 557 g/mol. The van der Waals surface area contributed by atoms with E-state index in [0.29, 0.717) is 5.56 Å². The minimum atomic E-state index is -1.28. The Morgan fingerprint density at radius 2 is 1.76 bits per heavy atom. The van der Waals surface area contributed by atoms with E-state index < -0.39 is 23.0 Å². The van der Waals surface area contributed by atoms with Gasteiger partial charge in [-0.1, -0.05) is 54.6 Å². The van der Waals surface area contributed by atoms with Gasteiger partial charge in [-0.3, -0.25) is 25.2 Å². The van der Waals surface area contributed by atoms with Gasteiger partial charge in [0, 0.05) is 42.2 Å². The van der Waals surface area contributed by atoms with Crippen molar-refractivity contribution in [1.82, 2.24) is 10.3 Å². The molecule has 0 aliphatic carbocycles. The SMILES string of the molecule is Cc1c(COc2cc(OCc3cccnc3)c(CNC(C(=O)O)C(C)O)cc2[N+](=O)[O-])cccc1-c1ccccc1. The molecule has 2 unspecified atom stereocenters. The molecule has 4 rings (SSSR count). The summed E-state index contributed by atoms with van der Waals surface area (Å²) >= 11 is 0. The lowest BCUT2D eigenvalue weighted by molar-refractivity contribution is -0.386. The molecule has 3 N–H and O–H groups in total. The topological polar surface area (TPSA) is 144 Å². The van der Waals surface area contributed by atoms with Crippen LogP contribution in [0.15, 0.2) is 85.2 Å². The number of nitrogens with zero attached hydrogens (tertiary/aromatic N) is 2. The Kier molecular flexibility index (Phi) is 9.62. The number of carboxylic acid groups (broad SMARTS) is 1. The van der Waals surface area contributed by atoms with Crippen molar-refractivity contribution in [1.29, 1.82) is 0 Å². The summed E-state index contributed by atoms with van der Waals surface area (Å²) in [4.78, 5) is 27.1. The van der Waals surface area contributed by atoms with E-state index in [9.17, 15) is 25.1 Å². The number of aliphatic carboxylic acids is 1. The van der Waals surface area contributed by atoms with Crippen molar-refractivity contribution in [2.45, 2.75) is 45.8 Å². The Morgan fingerprint density at radius 1 is 1.00 bits per heavy atom. The second kappa shape index (κ2) is 13.5. The summed E-state index contributed by atoms with van der Waals surface area (Å²) < 4.78 is 12.0. The lowest BCUT2D eigenvalue weighted by Gasteiger charge is -2.19. The number of benzene rings is 3. The third-order valence-electron chi connectivity index (χ3n) is 6.63. The molecule has 212 valence electrons. The van der Waals surface area contributed by atoms with Crippen LogP contribution in [0.1, 0.15) is 29.2 Å². The average molecular weight is 558 g/mol. The quantitative estimate of drug-likeness (QED) is 0.152. The zero-order valence-electron chi connectivity index (χ0n) is 22.7. The maximum absolute atomic E-state index is 12.1. The van der Waals surface area contributed by atoms with E-state index in [1.165, 1.54) is 19.1 Å². The molecule has 0 aliphatic heterocycles. The number of rotatable bonds is 13. The van der Waals surface area contributed by atoms with Gasteiger partial charge in [0.1, 0.15) is 25.0 Å². The lowest BCUT2D eigenvalue weighted by Crippen LogP contribution is -2.44. The minimum Gasteiger partial charge on any atom is -0.488 e. The second-order valence-electron chi connectivity index (χ2n) is 9.52. The number of aliphatic hydroxyl groups excluding tert-OH is 1. The van der Waals surface area contributed by atoms with Crippen molar-refractivity contribution >= 4 is 11.7 Å². The van der Waals surface area contributed by atoms with Gasteiger partial charge in [-0.05, 0) is 42.2 Å². The van der Waals surface area contributed by atoms with E-state index >= 15 is 0 Å². The number of carboxylic acids is 1. The van der Waals surface area contributed by atoms with Gasteiger partial charge in [0.15, 0.2) is 0 Å². The molecule has 1 heterocycles. The molecule has 10 heteroatoms. The van der Waals surface area contributed by atoms with Crippen molar-refractivity contribution < 1.29 is 29.4 Å². The first-order valence-electron chi connectivity index (χ1n) is 13.0. The Balaban J connectivity index is 1.65. The molecule has 4 aromatic rings. The number of hydrogen-bond acceptors (Lipinski definition) is 8. The van der Waals surface area contributed by atoms with Crippen molar-refractivity contribution in [2.24, 2.45) is 0 Å². The fourth-order valence-corrected chi connectivity index (χ4v) is 4.38. The third kappa shape index (κ3) is 7.44. The van der Waals surface area contributed by atoms with Gasteiger partial charge in [-0.15, -0.1) is 0 Å². The third-order valence-corrected chi connectivity index (χ3v) is 6.63. The lowest BCUT2D eigenvalue weighted by atomic mass is 9.97. The average Bonchev–Trinajstić information content (AvgIpc) is 2.96. The number of nitrogens with one attached hydrogen (secondary N) is 1. The highest BCUT2D eigenvalue weighted by atomic mass is 16.6. The van der Waals surface area contributed by atoms with Gasteiger partial charge in [-0.25, -0.2) is 0 Å². The summed E-state index contributed by atoms with van der Waals surface area (Å²) in [5.74, 6) is -0.971. The van der Waals surface area contributed by atoms with Crippen LogP contribution in [0.5, 0.6) is 11.5 Å². The van der Waals surface area contributed by atoms with Gasteiger partial charge in [0.05, 0.1) is 11.0 Å². The number of aromatic nitrogens is 1. The minimum absolute atomic E-state index is 0.00904. The van der Waals surface area contributed by atoms with Crippen LogP contribution in [0, 0.1) is 17.0 Å². The fraction of sp³-hybridized carbons (Fsp3) is 0.226. The Morgan fingerprint density at radius 3 is 2.41 bits per heavy atom.